The number of hydrogen-bond acceptors (Lipinski definition) is 4. The van der Waals surface area contributed by atoms with E-state index in [0.717, 1.165) is 24.3 Å². The Morgan fingerprint density at radius 1 is 1.11 bits per heavy atom. The number of carbonyl (C=O) groups excluding carboxylic acids is 2. The third-order valence-electron chi connectivity index (χ3n) is 3.66. The molecule has 0 aliphatic carbocycles. The van der Waals surface area contributed by atoms with Crippen LogP contribution in [0.3, 0.4) is 0 Å². The van der Waals surface area contributed by atoms with Gasteiger partial charge in [-0.05, 0) is 51.5 Å². The predicted octanol–water partition coefficient (Wildman–Crippen LogP) is 3.92. The summed E-state index contributed by atoms with van der Waals surface area (Å²) in [6.07, 6.45) is -3.83. The van der Waals surface area contributed by atoms with E-state index in [4.69, 9.17) is 9.47 Å². The van der Waals surface area contributed by atoms with Crippen molar-refractivity contribution in [3.8, 4) is 0 Å². The maximum Gasteiger partial charge on any atom is 0.416 e. The lowest BCUT2D eigenvalue weighted by atomic mass is 10.1. The minimum atomic E-state index is -4.46. The van der Waals surface area contributed by atoms with Crippen molar-refractivity contribution in [2.45, 2.75) is 45.9 Å². The summed E-state index contributed by atoms with van der Waals surface area (Å²) in [6, 6.07) is 4.04. The first-order valence-electron chi connectivity index (χ1n) is 8.89. The molecule has 0 aromatic heterocycles. The van der Waals surface area contributed by atoms with Gasteiger partial charge in [0.1, 0.15) is 0 Å². The van der Waals surface area contributed by atoms with Gasteiger partial charge in [-0.1, -0.05) is 0 Å². The first-order valence-corrected chi connectivity index (χ1v) is 8.89. The van der Waals surface area contributed by atoms with E-state index in [-0.39, 0.29) is 31.2 Å². The normalized spacial score (nSPS) is 11.5. The maximum atomic E-state index is 12.7. The van der Waals surface area contributed by atoms with Crippen LogP contribution in [0.25, 0.3) is 0 Å². The van der Waals surface area contributed by atoms with Gasteiger partial charge in [-0.15, -0.1) is 0 Å². The van der Waals surface area contributed by atoms with E-state index in [1.54, 1.807) is 6.92 Å². The van der Waals surface area contributed by atoms with E-state index >= 15 is 0 Å². The van der Waals surface area contributed by atoms with E-state index < -0.39 is 23.6 Å². The zero-order chi connectivity index (χ0) is 20.4. The first kappa shape index (κ1) is 23.0. The van der Waals surface area contributed by atoms with Crippen LogP contribution in [-0.2, 0) is 20.4 Å². The monoisotopic (exact) mass is 389 g/mol. The summed E-state index contributed by atoms with van der Waals surface area (Å²) >= 11 is 0. The molecule has 0 saturated carbocycles. The van der Waals surface area contributed by atoms with Crippen molar-refractivity contribution in [3.63, 3.8) is 0 Å². The molecule has 1 rings (SSSR count). The summed E-state index contributed by atoms with van der Waals surface area (Å²) in [7, 11) is 0. The topological polar surface area (TPSA) is 55.8 Å². The number of amides is 1. The number of rotatable bonds is 10. The smallest absolute Gasteiger partial charge is 0.416 e. The van der Waals surface area contributed by atoms with Crippen LogP contribution in [0, 0.1) is 0 Å². The SMILES string of the molecule is CCOC(=O)CCN(CCCOC(C)C)C(=O)c1ccc(C(F)(F)F)cc1. The molecule has 5 nitrogen and oxygen atoms in total. The lowest BCUT2D eigenvalue weighted by Crippen LogP contribution is -2.34. The summed E-state index contributed by atoms with van der Waals surface area (Å²) in [5, 5.41) is 0. The number of alkyl halides is 3. The number of benzene rings is 1. The van der Waals surface area contributed by atoms with Gasteiger partial charge < -0.3 is 14.4 Å². The number of carbonyl (C=O) groups is 2. The Hall–Kier alpha value is -2.09. The van der Waals surface area contributed by atoms with Crippen molar-refractivity contribution >= 4 is 11.9 Å². The molecule has 0 radical (unpaired) electrons. The van der Waals surface area contributed by atoms with E-state index in [0.29, 0.717) is 19.6 Å². The van der Waals surface area contributed by atoms with Crippen molar-refractivity contribution in [2.75, 3.05) is 26.3 Å². The number of halogens is 3. The van der Waals surface area contributed by atoms with Crippen molar-refractivity contribution in [2.24, 2.45) is 0 Å². The van der Waals surface area contributed by atoms with Crippen LogP contribution < -0.4 is 0 Å². The fourth-order valence-corrected chi connectivity index (χ4v) is 2.33. The summed E-state index contributed by atoms with van der Waals surface area (Å²) in [5.74, 6) is -0.862. The fourth-order valence-electron chi connectivity index (χ4n) is 2.33. The highest BCUT2D eigenvalue weighted by Crippen LogP contribution is 2.29. The van der Waals surface area contributed by atoms with Crippen molar-refractivity contribution < 1.29 is 32.2 Å². The highest BCUT2D eigenvalue weighted by atomic mass is 19.4. The molecule has 0 atom stereocenters. The van der Waals surface area contributed by atoms with Gasteiger partial charge in [0, 0.05) is 25.3 Å². The van der Waals surface area contributed by atoms with Crippen molar-refractivity contribution in [1.82, 2.24) is 4.90 Å². The Morgan fingerprint density at radius 2 is 1.74 bits per heavy atom. The standard InChI is InChI=1S/C19H26F3NO4/c1-4-26-17(24)10-12-23(11-5-13-27-14(2)3)18(25)15-6-8-16(9-7-15)19(20,21)22/h6-9,14H,4-5,10-13H2,1-3H3. The van der Waals surface area contributed by atoms with Gasteiger partial charge in [0.05, 0.1) is 24.7 Å². The maximum absolute atomic E-state index is 12.7. The van der Waals surface area contributed by atoms with Crippen molar-refractivity contribution in [3.05, 3.63) is 35.4 Å². The third-order valence-corrected chi connectivity index (χ3v) is 3.66. The number of hydrogen-bond donors (Lipinski definition) is 0. The Bertz CT molecular complexity index is 600. The Labute approximate surface area is 157 Å². The Morgan fingerprint density at radius 3 is 2.26 bits per heavy atom. The predicted molar refractivity (Wildman–Crippen MR) is 94.3 cm³/mol. The summed E-state index contributed by atoms with van der Waals surface area (Å²) in [6.45, 7) is 6.61. The molecule has 1 aromatic rings. The highest BCUT2D eigenvalue weighted by molar-refractivity contribution is 5.94. The van der Waals surface area contributed by atoms with Crippen LogP contribution in [0.2, 0.25) is 0 Å². The van der Waals surface area contributed by atoms with Gasteiger partial charge in [-0.3, -0.25) is 9.59 Å². The molecule has 0 saturated heterocycles. The zero-order valence-corrected chi connectivity index (χ0v) is 15.8. The minimum Gasteiger partial charge on any atom is -0.466 e. The second-order valence-corrected chi connectivity index (χ2v) is 6.20. The van der Waals surface area contributed by atoms with Gasteiger partial charge in [0.2, 0.25) is 0 Å². The Kier molecular flexibility index (Phi) is 9.28. The molecule has 0 aliphatic heterocycles. The zero-order valence-electron chi connectivity index (χ0n) is 15.8. The van der Waals surface area contributed by atoms with E-state index in [1.165, 1.54) is 4.90 Å². The number of esters is 1. The molecule has 0 aliphatic rings. The number of ether oxygens (including phenoxy) is 2. The van der Waals surface area contributed by atoms with Gasteiger partial charge in [-0.2, -0.15) is 13.2 Å². The first-order chi connectivity index (χ1) is 12.6. The lowest BCUT2D eigenvalue weighted by Gasteiger charge is -2.23. The second-order valence-electron chi connectivity index (χ2n) is 6.20. The third kappa shape index (κ3) is 8.43. The molecular formula is C19H26F3NO4. The van der Waals surface area contributed by atoms with Gasteiger partial charge in [-0.25, -0.2) is 0 Å². The van der Waals surface area contributed by atoms with E-state index in [9.17, 15) is 22.8 Å². The molecule has 152 valence electrons. The fraction of sp³-hybridized carbons (Fsp3) is 0.579. The second kappa shape index (κ2) is 10.9. The molecule has 27 heavy (non-hydrogen) atoms. The molecule has 1 amide bonds. The highest BCUT2D eigenvalue weighted by Gasteiger charge is 2.30. The molecule has 1 aromatic carbocycles. The van der Waals surface area contributed by atoms with Crippen LogP contribution in [0.4, 0.5) is 13.2 Å². The van der Waals surface area contributed by atoms with Crippen LogP contribution in [0.15, 0.2) is 24.3 Å². The largest absolute Gasteiger partial charge is 0.466 e. The average Bonchev–Trinajstić information content (AvgIpc) is 2.60. The average molecular weight is 389 g/mol. The lowest BCUT2D eigenvalue weighted by molar-refractivity contribution is -0.143. The van der Waals surface area contributed by atoms with E-state index in [1.807, 2.05) is 13.8 Å². The number of nitrogens with zero attached hydrogens (tertiary/aromatic N) is 1. The molecule has 0 unspecified atom stereocenters. The molecule has 0 N–H and O–H groups in total. The van der Waals surface area contributed by atoms with Crippen molar-refractivity contribution in [1.29, 1.82) is 0 Å². The quantitative estimate of drug-likeness (QED) is 0.450. The molecule has 0 bridgehead atoms. The summed E-state index contributed by atoms with van der Waals surface area (Å²) < 4.78 is 48.3. The molecule has 0 heterocycles. The van der Waals surface area contributed by atoms with Gasteiger partial charge >= 0.3 is 12.1 Å². The van der Waals surface area contributed by atoms with Crippen LogP contribution in [0.1, 0.15) is 49.5 Å². The molecule has 0 fully saturated rings. The summed E-state index contributed by atoms with van der Waals surface area (Å²) in [5.41, 5.74) is -0.681. The van der Waals surface area contributed by atoms with Gasteiger partial charge in [0.25, 0.3) is 5.91 Å². The molecular weight excluding hydrogens is 363 g/mol. The van der Waals surface area contributed by atoms with E-state index in [2.05, 4.69) is 0 Å². The minimum absolute atomic E-state index is 0.0191. The molecule has 8 heteroatoms. The Balaban J connectivity index is 2.79. The van der Waals surface area contributed by atoms with Crippen LogP contribution >= 0.6 is 0 Å². The summed E-state index contributed by atoms with van der Waals surface area (Å²) in [4.78, 5) is 25.7. The van der Waals surface area contributed by atoms with Gasteiger partial charge in [0.15, 0.2) is 0 Å². The van der Waals surface area contributed by atoms with Crippen LogP contribution in [-0.4, -0.2) is 49.2 Å². The molecule has 0 spiro atoms. The van der Waals surface area contributed by atoms with Crippen LogP contribution in [0.5, 0.6) is 0 Å².